The highest BCUT2D eigenvalue weighted by Gasteiger charge is 2.32. The number of halogens is 1. The van der Waals surface area contributed by atoms with Crippen molar-refractivity contribution in [2.45, 2.75) is 37.8 Å². The lowest BCUT2D eigenvalue weighted by Gasteiger charge is -2.26. The zero-order chi connectivity index (χ0) is 21.4. The standard InChI is InChI=1S/C21H24FN7O2/c22-13-5-6-18-24-11-16(29(18)12-13)20-26-17(25-14-3-1-7-23-10-14)9-19(27-20)28-8-2-4-15(28)21(30)31/h5-6,9,11-12,14-15,23H,1-4,7-8,10H2,(H,30,31)(H,25,26,27)/t14?,15-/m0/s1. The van der Waals surface area contributed by atoms with Crippen molar-refractivity contribution in [1.82, 2.24) is 24.7 Å². The van der Waals surface area contributed by atoms with Crippen molar-refractivity contribution in [3.63, 3.8) is 0 Å². The van der Waals surface area contributed by atoms with Crippen molar-refractivity contribution in [3.05, 3.63) is 36.4 Å². The maximum absolute atomic E-state index is 13.9. The first-order chi connectivity index (χ1) is 15.1. The third kappa shape index (κ3) is 3.90. The van der Waals surface area contributed by atoms with Crippen LogP contribution in [0.5, 0.6) is 0 Å². The minimum Gasteiger partial charge on any atom is -0.480 e. The van der Waals surface area contributed by atoms with E-state index in [4.69, 9.17) is 0 Å². The molecule has 31 heavy (non-hydrogen) atoms. The van der Waals surface area contributed by atoms with E-state index in [1.54, 1.807) is 16.7 Å². The highest BCUT2D eigenvalue weighted by molar-refractivity contribution is 5.79. The number of anilines is 2. The highest BCUT2D eigenvalue weighted by Crippen LogP contribution is 2.29. The Labute approximate surface area is 178 Å². The van der Waals surface area contributed by atoms with Crippen molar-refractivity contribution in [2.24, 2.45) is 0 Å². The van der Waals surface area contributed by atoms with Crippen LogP contribution in [0.1, 0.15) is 25.7 Å². The van der Waals surface area contributed by atoms with Crippen LogP contribution < -0.4 is 15.5 Å². The molecular formula is C21H24FN7O2. The van der Waals surface area contributed by atoms with Crippen LogP contribution in [-0.4, -0.2) is 62.1 Å². The molecule has 0 bridgehead atoms. The number of nitrogens with zero attached hydrogens (tertiary/aromatic N) is 5. The fraction of sp³-hybridized carbons (Fsp3) is 0.429. The van der Waals surface area contributed by atoms with Gasteiger partial charge in [0.05, 0.1) is 6.20 Å². The van der Waals surface area contributed by atoms with Crippen LogP contribution >= 0.6 is 0 Å². The summed E-state index contributed by atoms with van der Waals surface area (Å²) in [6.07, 6.45) is 6.41. The van der Waals surface area contributed by atoms with Crippen LogP contribution in [0.4, 0.5) is 16.0 Å². The zero-order valence-electron chi connectivity index (χ0n) is 17.0. The monoisotopic (exact) mass is 425 g/mol. The van der Waals surface area contributed by atoms with E-state index in [-0.39, 0.29) is 11.9 Å². The molecule has 2 fully saturated rings. The number of carboxylic acid groups (broad SMARTS) is 1. The summed E-state index contributed by atoms with van der Waals surface area (Å²) >= 11 is 0. The Bertz CT molecular complexity index is 1110. The minimum absolute atomic E-state index is 0.220. The van der Waals surface area contributed by atoms with Crippen molar-refractivity contribution in [3.8, 4) is 11.5 Å². The summed E-state index contributed by atoms with van der Waals surface area (Å²) in [5.41, 5.74) is 1.13. The maximum atomic E-state index is 13.9. The van der Waals surface area contributed by atoms with E-state index in [9.17, 15) is 14.3 Å². The lowest BCUT2D eigenvalue weighted by molar-refractivity contribution is -0.138. The van der Waals surface area contributed by atoms with Gasteiger partial charge in [-0.25, -0.2) is 24.1 Å². The molecule has 0 spiro atoms. The van der Waals surface area contributed by atoms with Crippen molar-refractivity contribution in [2.75, 3.05) is 29.9 Å². The van der Waals surface area contributed by atoms with Gasteiger partial charge < -0.3 is 20.6 Å². The summed E-state index contributed by atoms with van der Waals surface area (Å²) in [5.74, 6) is 0.294. The van der Waals surface area contributed by atoms with Gasteiger partial charge in [-0.3, -0.25) is 4.40 Å². The summed E-state index contributed by atoms with van der Waals surface area (Å²) in [6.45, 7) is 2.44. The molecule has 162 valence electrons. The van der Waals surface area contributed by atoms with E-state index >= 15 is 0 Å². The Morgan fingerprint density at radius 3 is 2.97 bits per heavy atom. The van der Waals surface area contributed by atoms with Crippen LogP contribution in [0.15, 0.2) is 30.6 Å². The molecular weight excluding hydrogens is 401 g/mol. The molecule has 0 aliphatic carbocycles. The Morgan fingerprint density at radius 1 is 1.26 bits per heavy atom. The van der Waals surface area contributed by atoms with E-state index in [0.29, 0.717) is 41.8 Å². The average Bonchev–Trinajstić information content (AvgIpc) is 3.41. The number of aromatic nitrogens is 4. The third-order valence-corrected chi connectivity index (χ3v) is 5.89. The van der Waals surface area contributed by atoms with E-state index in [0.717, 1.165) is 32.4 Å². The van der Waals surface area contributed by atoms with Crippen molar-refractivity contribution >= 4 is 23.3 Å². The van der Waals surface area contributed by atoms with E-state index in [2.05, 4.69) is 25.6 Å². The first kappa shape index (κ1) is 19.7. The topological polar surface area (TPSA) is 108 Å². The summed E-state index contributed by atoms with van der Waals surface area (Å²) < 4.78 is 15.5. The molecule has 9 nitrogen and oxygen atoms in total. The average molecular weight is 425 g/mol. The summed E-state index contributed by atoms with van der Waals surface area (Å²) in [7, 11) is 0. The van der Waals surface area contributed by atoms with Gasteiger partial charge in [0.1, 0.15) is 34.8 Å². The number of hydrogen-bond acceptors (Lipinski definition) is 7. The van der Waals surface area contributed by atoms with Crippen molar-refractivity contribution < 1.29 is 14.3 Å². The number of aliphatic carboxylic acids is 1. The van der Waals surface area contributed by atoms with Crippen LogP contribution in [0.25, 0.3) is 17.2 Å². The zero-order valence-corrected chi connectivity index (χ0v) is 17.0. The largest absolute Gasteiger partial charge is 0.480 e. The molecule has 5 rings (SSSR count). The van der Waals surface area contributed by atoms with Gasteiger partial charge in [-0.2, -0.15) is 0 Å². The second-order valence-electron chi connectivity index (χ2n) is 8.03. The molecule has 0 amide bonds. The number of nitrogens with one attached hydrogen (secondary N) is 2. The number of piperidine rings is 1. The van der Waals surface area contributed by atoms with Gasteiger partial charge >= 0.3 is 5.97 Å². The van der Waals surface area contributed by atoms with Gasteiger partial charge in [0.15, 0.2) is 5.82 Å². The first-order valence-electron chi connectivity index (χ1n) is 10.6. The van der Waals surface area contributed by atoms with Crippen LogP contribution in [0.2, 0.25) is 0 Å². The van der Waals surface area contributed by atoms with Crippen molar-refractivity contribution in [1.29, 1.82) is 0 Å². The number of hydrogen-bond donors (Lipinski definition) is 3. The number of rotatable bonds is 5. The smallest absolute Gasteiger partial charge is 0.326 e. The fourth-order valence-electron chi connectivity index (χ4n) is 4.37. The Morgan fingerprint density at radius 2 is 2.16 bits per heavy atom. The molecule has 2 saturated heterocycles. The molecule has 0 radical (unpaired) electrons. The number of carboxylic acids is 1. The summed E-state index contributed by atoms with van der Waals surface area (Å²) in [6, 6.07) is 4.36. The lowest BCUT2D eigenvalue weighted by Crippen LogP contribution is -2.39. The second kappa shape index (κ2) is 8.10. The van der Waals surface area contributed by atoms with Gasteiger partial charge in [0.2, 0.25) is 0 Å². The van der Waals surface area contributed by atoms with Gasteiger partial charge in [-0.15, -0.1) is 0 Å². The Hall–Kier alpha value is -3.27. The number of fused-ring (bicyclic) bond motifs is 1. The van der Waals surface area contributed by atoms with Gasteiger partial charge in [0, 0.05) is 31.4 Å². The molecule has 1 unspecified atom stereocenters. The van der Waals surface area contributed by atoms with Crippen LogP contribution in [0.3, 0.4) is 0 Å². The molecule has 3 aromatic rings. The van der Waals surface area contributed by atoms with Gasteiger partial charge in [-0.1, -0.05) is 0 Å². The SMILES string of the molecule is O=C(O)[C@@H]1CCCN1c1cc(NC2CCCNC2)nc(-c2cnc3ccc(F)cn23)n1. The summed E-state index contributed by atoms with van der Waals surface area (Å²) in [4.78, 5) is 27.2. The molecule has 0 saturated carbocycles. The Balaban J connectivity index is 1.58. The number of pyridine rings is 1. The van der Waals surface area contributed by atoms with Crippen LogP contribution in [0, 0.1) is 5.82 Å². The molecule has 10 heteroatoms. The van der Waals surface area contributed by atoms with Gasteiger partial charge in [0.25, 0.3) is 0 Å². The quantitative estimate of drug-likeness (QED) is 0.571. The number of imidazole rings is 1. The maximum Gasteiger partial charge on any atom is 0.326 e. The lowest BCUT2D eigenvalue weighted by atomic mass is 10.1. The highest BCUT2D eigenvalue weighted by atomic mass is 19.1. The predicted molar refractivity (Wildman–Crippen MR) is 114 cm³/mol. The third-order valence-electron chi connectivity index (χ3n) is 5.89. The molecule has 0 aromatic carbocycles. The van der Waals surface area contributed by atoms with Crippen LogP contribution in [-0.2, 0) is 4.79 Å². The molecule has 3 N–H and O–H groups in total. The minimum atomic E-state index is -0.861. The van der Waals surface area contributed by atoms with E-state index in [1.807, 2.05) is 11.0 Å². The first-order valence-corrected chi connectivity index (χ1v) is 10.6. The second-order valence-corrected chi connectivity index (χ2v) is 8.03. The van der Waals surface area contributed by atoms with E-state index < -0.39 is 12.0 Å². The molecule has 3 aromatic heterocycles. The molecule has 2 aliphatic heterocycles. The molecule has 2 aliphatic rings. The van der Waals surface area contributed by atoms with E-state index in [1.165, 1.54) is 12.3 Å². The summed E-state index contributed by atoms with van der Waals surface area (Å²) in [5, 5.41) is 16.5. The molecule has 5 heterocycles. The Kier molecular flexibility index (Phi) is 5.14. The fourth-order valence-corrected chi connectivity index (χ4v) is 4.37. The normalized spacial score (nSPS) is 21.5. The number of carbonyl (C=O) groups is 1. The molecule has 2 atom stereocenters. The van der Waals surface area contributed by atoms with Gasteiger partial charge in [-0.05, 0) is 44.4 Å². The predicted octanol–water partition coefficient (Wildman–Crippen LogP) is 2.15.